The molecule has 0 saturated heterocycles. The fourth-order valence-corrected chi connectivity index (χ4v) is 3.47. The van der Waals surface area contributed by atoms with Crippen LogP contribution in [-0.2, 0) is 23.0 Å². The molecular formula is C17H24N4O3S. The van der Waals surface area contributed by atoms with Gasteiger partial charge < -0.3 is 9.47 Å². The maximum Gasteiger partial charge on any atom is 0.253 e. The first-order valence-electron chi connectivity index (χ1n) is 8.24. The molecule has 0 spiro atoms. The molecule has 0 aliphatic heterocycles. The van der Waals surface area contributed by atoms with E-state index in [0.29, 0.717) is 18.7 Å². The van der Waals surface area contributed by atoms with Crippen LogP contribution in [0.3, 0.4) is 0 Å². The molecule has 0 bridgehead atoms. The van der Waals surface area contributed by atoms with Crippen molar-refractivity contribution < 1.29 is 13.2 Å². The van der Waals surface area contributed by atoms with Crippen molar-refractivity contribution in [2.45, 2.75) is 31.7 Å². The van der Waals surface area contributed by atoms with Gasteiger partial charge in [0.05, 0.1) is 4.90 Å². The Kier molecular flexibility index (Phi) is 6.33. The number of rotatable bonds is 8. The van der Waals surface area contributed by atoms with Crippen LogP contribution in [0.4, 0.5) is 0 Å². The number of benzene rings is 1. The topological polar surface area (TPSA) is 84.3 Å². The standard InChI is InChI=1S/C17H24N4O3S/c1-4-16-18-9-11-21(16)12-10-19-25(23,24)15-8-6-7-14(13-15)17(22)20(3)5-2/h6-9,11,13,19H,4-5,10,12H2,1-3H3. The number of carbonyl (C=O) groups excluding carboxylic acids is 1. The van der Waals surface area contributed by atoms with Crippen molar-refractivity contribution in [3.63, 3.8) is 0 Å². The molecule has 0 aliphatic carbocycles. The number of sulfonamides is 1. The number of carbonyl (C=O) groups is 1. The highest BCUT2D eigenvalue weighted by Crippen LogP contribution is 2.13. The minimum absolute atomic E-state index is 0.0872. The average Bonchev–Trinajstić information content (AvgIpc) is 3.07. The number of aromatic nitrogens is 2. The van der Waals surface area contributed by atoms with Gasteiger partial charge in [-0.1, -0.05) is 13.0 Å². The smallest absolute Gasteiger partial charge is 0.253 e. The van der Waals surface area contributed by atoms with Crippen molar-refractivity contribution in [1.29, 1.82) is 0 Å². The third kappa shape index (κ3) is 4.67. The Morgan fingerprint density at radius 1 is 1.32 bits per heavy atom. The van der Waals surface area contributed by atoms with E-state index in [-0.39, 0.29) is 17.3 Å². The zero-order valence-electron chi connectivity index (χ0n) is 14.8. The van der Waals surface area contributed by atoms with Crippen LogP contribution >= 0.6 is 0 Å². The summed E-state index contributed by atoms with van der Waals surface area (Å²) in [7, 11) is -2.00. The molecule has 1 N–H and O–H groups in total. The SMILES string of the molecule is CCc1nccn1CCNS(=O)(=O)c1cccc(C(=O)N(C)CC)c1. The number of aryl methyl sites for hydroxylation is 1. The van der Waals surface area contributed by atoms with E-state index in [2.05, 4.69) is 9.71 Å². The van der Waals surface area contributed by atoms with Gasteiger partial charge in [0, 0.05) is 51.1 Å². The maximum atomic E-state index is 12.5. The summed E-state index contributed by atoms with van der Waals surface area (Å²) in [4.78, 5) is 18.0. The van der Waals surface area contributed by atoms with Gasteiger partial charge in [0.1, 0.15) is 5.82 Å². The van der Waals surface area contributed by atoms with Crippen molar-refractivity contribution in [1.82, 2.24) is 19.2 Å². The van der Waals surface area contributed by atoms with Gasteiger partial charge >= 0.3 is 0 Å². The highest BCUT2D eigenvalue weighted by atomic mass is 32.2. The van der Waals surface area contributed by atoms with Crippen molar-refractivity contribution in [2.75, 3.05) is 20.1 Å². The Bertz CT molecular complexity index is 830. The first-order chi connectivity index (χ1) is 11.9. The molecule has 0 aliphatic rings. The Balaban J connectivity index is 2.08. The first-order valence-corrected chi connectivity index (χ1v) is 9.72. The molecule has 8 heteroatoms. The van der Waals surface area contributed by atoms with E-state index < -0.39 is 10.0 Å². The van der Waals surface area contributed by atoms with E-state index in [1.54, 1.807) is 25.4 Å². The Morgan fingerprint density at radius 3 is 2.76 bits per heavy atom. The van der Waals surface area contributed by atoms with Gasteiger partial charge in [0.15, 0.2) is 0 Å². The second-order valence-corrected chi connectivity index (χ2v) is 7.40. The lowest BCUT2D eigenvalue weighted by atomic mass is 10.2. The second-order valence-electron chi connectivity index (χ2n) is 5.64. The monoisotopic (exact) mass is 364 g/mol. The molecule has 1 amide bonds. The average molecular weight is 364 g/mol. The third-order valence-electron chi connectivity index (χ3n) is 3.98. The molecular weight excluding hydrogens is 340 g/mol. The molecule has 0 saturated carbocycles. The summed E-state index contributed by atoms with van der Waals surface area (Å²) in [5.74, 6) is 0.708. The largest absolute Gasteiger partial charge is 0.342 e. The summed E-state index contributed by atoms with van der Waals surface area (Å²) in [5.41, 5.74) is 0.357. The van der Waals surface area contributed by atoms with E-state index in [1.807, 2.05) is 24.6 Å². The number of hydrogen-bond donors (Lipinski definition) is 1. The third-order valence-corrected chi connectivity index (χ3v) is 5.43. The van der Waals surface area contributed by atoms with Crippen LogP contribution in [0, 0.1) is 0 Å². The Morgan fingerprint density at radius 2 is 2.08 bits per heavy atom. The van der Waals surface area contributed by atoms with E-state index >= 15 is 0 Å². The van der Waals surface area contributed by atoms with E-state index in [9.17, 15) is 13.2 Å². The minimum Gasteiger partial charge on any atom is -0.342 e. The Labute approximate surface area is 148 Å². The summed E-state index contributed by atoms with van der Waals surface area (Å²) in [6.07, 6.45) is 4.31. The molecule has 25 heavy (non-hydrogen) atoms. The maximum absolute atomic E-state index is 12.5. The molecule has 2 rings (SSSR count). The molecule has 1 aromatic heterocycles. The predicted molar refractivity (Wildman–Crippen MR) is 95.9 cm³/mol. The van der Waals surface area contributed by atoms with Crippen LogP contribution in [0.2, 0.25) is 0 Å². The molecule has 0 atom stereocenters. The minimum atomic E-state index is -3.68. The second kappa shape index (κ2) is 8.26. The Hall–Kier alpha value is -2.19. The normalized spacial score (nSPS) is 11.5. The first kappa shape index (κ1) is 19.1. The van der Waals surface area contributed by atoms with E-state index in [4.69, 9.17) is 0 Å². The van der Waals surface area contributed by atoms with Crippen molar-refractivity contribution in [3.8, 4) is 0 Å². The van der Waals surface area contributed by atoms with Gasteiger partial charge in [-0.15, -0.1) is 0 Å². The van der Waals surface area contributed by atoms with Crippen molar-refractivity contribution in [2.24, 2.45) is 0 Å². The number of imidazole rings is 1. The molecule has 2 aromatic rings. The fraction of sp³-hybridized carbons (Fsp3) is 0.412. The zero-order valence-corrected chi connectivity index (χ0v) is 15.6. The summed E-state index contributed by atoms with van der Waals surface area (Å²) < 4.78 is 29.4. The fourth-order valence-electron chi connectivity index (χ4n) is 2.40. The molecule has 0 fully saturated rings. The van der Waals surface area contributed by atoms with Crippen LogP contribution in [0.5, 0.6) is 0 Å². The molecule has 1 heterocycles. The molecule has 0 radical (unpaired) electrons. The van der Waals surface area contributed by atoms with E-state index in [1.165, 1.54) is 17.0 Å². The van der Waals surface area contributed by atoms with Crippen LogP contribution in [0.15, 0.2) is 41.6 Å². The molecule has 0 unspecified atom stereocenters. The zero-order chi connectivity index (χ0) is 18.4. The van der Waals surface area contributed by atoms with Gasteiger partial charge in [-0.3, -0.25) is 4.79 Å². The molecule has 136 valence electrons. The summed E-state index contributed by atoms with van der Waals surface area (Å²) >= 11 is 0. The van der Waals surface area contributed by atoms with Crippen molar-refractivity contribution in [3.05, 3.63) is 48.0 Å². The summed E-state index contributed by atoms with van der Waals surface area (Å²) in [6, 6.07) is 6.09. The number of hydrogen-bond acceptors (Lipinski definition) is 4. The summed E-state index contributed by atoms with van der Waals surface area (Å²) in [6.45, 7) is 5.16. The lowest BCUT2D eigenvalue weighted by molar-refractivity contribution is 0.0802. The highest BCUT2D eigenvalue weighted by Gasteiger charge is 2.17. The van der Waals surface area contributed by atoms with Crippen LogP contribution < -0.4 is 4.72 Å². The van der Waals surface area contributed by atoms with Gasteiger partial charge in [0.2, 0.25) is 10.0 Å². The van der Waals surface area contributed by atoms with Gasteiger partial charge in [0.25, 0.3) is 5.91 Å². The molecule has 1 aromatic carbocycles. The molecule has 7 nitrogen and oxygen atoms in total. The lowest BCUT2D eigenvalue weighted by Gasteiger charge is -2.15. The quantitative estimate of drug-likeness (QED) is 0.770. The predicted octanol–water partition coefficient (Wildman–Crippen LogP) is 1.52. The van der Waals surface area contributed by atoms with E-state index in [0.717, 1.165) is 12.2 Å². The number of amides is 1. The van der Waals surface area contributed by atoms with Crippen LogP contribution in [0.25, 0.3) is 0 Å². The van der Waals surface area contributed by atoms with Crippen LogP contribution in [-0.4, -0.2) is 48.9 Å². The lowest BCUT2D eigenvalue weighted by Crippen LogP contribution is -2.29. The number of nitrogens with one attached hydrogen (secondary N) is 1. The summed E-state index contributed by atoms with van der Waals surface area (Å²) in [5, 5.41) is 0. The van der Waals surface area contributed by atoms with Crippen LogP contribution in [0.1, 0.15) is 30.0 Å². The number of nitrogens with zero attached hydrogens (tertiary/aromatic N) is 3. The highest BCUT2D eigenvalue weighted by molar-refractivity contribution is 7.89. The van der Waals surface area contributed by atoms with Crippen molar-refractivity contribution >= 4 is 15.9 Å². The van der Waals surface area contributed by atoms with Gasteiger partial charge in [-0.2, -0.15) is 0 Å². The van der Waals surface area contributed by atoms with Gasteiger partial charge in [-0.05, 0) is 25.1 Å². The van der Waals surface area contributed by atoms with Gasteiger partial charge in [-0.25, -0.2) is 18.1 Å².